The Labute approximate surface area is 104 Å². The van der Waals surface area contributed by atoms with Crippen LogP contribution in [0.4, 0.5) is 0 Å². The molecule has 0 saturated carbocycles. The lowest BCUT2D eigenvalue weighted by atomic mass is 10.0. The second-order valence-electron chi connectivity index (χ2n) is 4.49. The molecule has 0 radical (unpaired) electrons. The number of aryl methyl sites for hydroxylation is 1. The highest BCUT2D eigenvalue weighted by atomic mass is 16.5. The van der Waals surface area contributed by atoms with E-state index in [4.69, 9.17) is 10.5 Å². The van der Waals surface area contributed by atoms with Gasteiger partial charge in [0.2, 0.25) is 0 Å². The first-order chi connectivity index (χ1) is 8.35. The highest BCUT2D eigenvalue weighted by Gasteiger charge is 2.20. The Bertz CT molecular complexity index is 331. The molecular weight excluding hydrogens is 212 g/mol. The van der Waals surface area contributed by atoms with E-state index in [0.29, 0.717) is 12.6 Å². The number of hydrogen-bond acceptors (Lipinski definition) is 3. The predicted octanol–water partition coefficient (Wildman–Crippen LogP) is 1.58. The Kier molecular flexibility index (Phi) is 4.54. The number of rotatable bonds is 4. The molecule has 1 aliphatic heterocycles. The summed E-state index contributed by atoms with van der Waals surface area (Å²) in [7, 11) is 0. The minimum absolute atomic E-state index is 0.338. The van der Waals surface area contributed by atoms with Crippen LogP contribution in [0.3, 0.4) is 0 Å². The highest BCUT2D eigenvalue weighted by molar-refractivity contribution is 5.25. The molecule has 0 unspecified atom stereocenters. The first-order valence-electron chi connectivity index (χ1n) is 6.46. The van der Waals surface area contributed by atoms with Gasteiger partial charge < -0.3 is 10.5 Å². The largest absolute Gasteiger partial charge is 0.379 e. The molecule has 2 rings (SSSR count). The van der Waals surface area contributed by atoms with Crippen molar-refractivity contribution in [3.05, 3.63) is 35.4 Å². The molecule has 1 aliphatic rings. The fourth-order valence-corrected chi connectivity index (χ4v) is 2.36. The van der Waals surface area contributed by atoms with Gasteiger partial charge in [-0.1, -0.05) is 31.2 Å². The second kappa shape index (κ2) is 6.15. The lowest BCUT2D eigenvalue weighted by molar-refractivity contribution is 0.0179. The summed E-state index contributed by atoms with van der Waals surface area (Å²) in [6, 6.07) is 9.18. The van der Waals surface area contributed by atoms with Crippen molar-refractivity contribution in [3.63, 3.8) is 0 Å². The van der Waals surface area contributed by atoms with Crippen molar-refractivity contribution < 1.29 is 4.74 Å². The van der Waals surface area contributed by atoms with Gasteiger partial charge in [-0.2, -0.15) is 0 Å². The standard InChI is InChI=1S/C14H22N2O/c1-2-12-3-5-13(6-4-12)14(11-15)16-7-9-17-10-8-16/h3-6,14H,2,7-11,15H2,1H3/t14-/m1/s1. The van der Waals surface area contributed by atoms with Crippen LogP contribution in [0.25, 0.3) is 0 Å². The van der Waals surface area contributed by atoms with Crippen molar-refractivity contribution in [1.29, 1.82) is 0 Å². The van der Waals surface area contributed by atoms with Crippen LogP contribution in [-0.2, 0) is 11.2 Å². The smallest absolute Gasteiger partial charge is 0.0594 e. The molecule has 3 heteroatoms. The first kappa shape index (κ1) is 12.6. The van der Waals surface area contributed by atoms with Gasteiger partial charge in [0.25, 0.3) is 0 Å². The van der Waals surface area contributed by atoms with E-state index in [1.165, 1.54) is 11.1 Å². The molecule has 1 atom stereocenters. The number of benzene rings is 1. The van der Waals surface area contributed by atoms with Crippen LogP contribution in [-0.4, -0.2) is 37.7 Å². The zero-order valence-corrected chi connectivity index (χ0v) is 10.6. The van der Waals surface area contributed by atoms with E-state index in [-0.39, 0.29) is 0 Å². The zero-order chi connectivity index (χ0) is 12.1. The molecule has 17 heavy (non-hydrogen) atoms. The van der Waals surface area contributed by atoms with E-state index in [2.05, 4.69) is 36.1 Å². The van der Waals surface area contributed by atoms with Crippen LogP contribution in [0.15, 0.2) is 24.3 Å². The number of morpholine rings is 1. The molecule has 1 aromatic carbocycles. The van der Waals surface area contributed by atoms with E-state index in [1.807, 2.05) is 0 Å². The predicted molar refractivity (Wildman–Crippen MR) is 70.0 cm³/mol. The van der Waals surface area contributed by atoms with Crippen molar-refractivity contribution in [3.8, 4) is 0 Å². The van der Waals surface area contributed by atoms with Gasteiger partial charge in [0.1, 0.15) is 0 Å². The van der Waals surface area contributed by atoms with Gasteiger partial charge >= 0.3 is 0 Å². The van der Waals surface area contributed by atoms with Crippen LogP contribution >= 0.6 is 0 Å². The van der Waals surface area contributed by atoms with Gasteiger partial charge in [-0.3, -0.25) is 4.90 Å². The minimum atomic E-state index is 0.338. The fourth-order valence-electron chi connectivity index (χ4n) is 2.36. The molecule has 0 aromatic heterocycles. The van der Waals surface area contributed by atoms with Crippen LogP contribution in [0, 0.1) is 0 Å². The van der Waals surface area contributed by atoms with E-state index >= 15 is 0 Å². The monoisotopic (exact) mass is 234 g/mol. The average Bonchev–Trinajstić information content (AvgIpc) is 2.42. The van der Waals surface area contributed by atoms with Crippen molar-refractivity contribution in [2.45, 2.75) is 19.4 Å². The Morgan fingerprint density at radius 1 is 1.24 bits per heavy atom. The van der Waals surface area contributed by atoms with E-state index in [9.17, 15) is 0 Å². The van der Waals surface area contributed by atoms with Gasteiger partial charge in [-0.15, -0.1) is 0 Å². The Balaban J connectivity index is 2.10. The zero-order valence-electron chi connectivity index (χ0n) is 10.6. The van der Waals surface area contributed by atoms with Crippen LogP contribution in [0.2, 0.25) is 0 Å². The summed E-state index contributed by atoms with van der Waals surface area (Å²) in [4.78, 5) is 2.42. The Morgan fingerprint density at radius 3 is 2.41 bits per heavy atom. The van der Waals surface area contributed by atoms with Gasteiger partial charge in [0.05, 0.1) is 13.2 Å². The van der Waals surface area contributed by atoms with Crippen LogP contribution in [0.1, 0.15) is 24.1 Å². The normalized spacial score (nSPS) is 19.2. The quantitative estimate of drug-likeness (QED) is 0.859. The summed E-state index contributed by atoms with van der Waals surface area (Å²) >= 11 is 0. The van der Waals surface area contributed by atoms with Crippen LogP contribution in [0.5, 0.6) is 0 Å². The number of nitrogens with two attached hydrogens (primary N) is 1. The Morgan fingerprint density at radius 2 is 1.88 bits per heavy atom. The molecule has 3 nitrogen and oxygen atoms in total. The molecule has 1 fully saturated rings. The maximum absolute atomic E-state index is 5.92. The van der Waals surface area contributed by atoms with E-state index in [1.54, 1.807) is 0 Å². The lowest BCUT2D eigenvalue weighted by Crippen LogP contribution is -2.41. The topological polar surface area (TPSA) is 38.5 Å². The summed E-state index contributed by atoms with van der Waals surface area (Å²) in [5, 5.41) is 0. The third-order valence-electron chi connectivity index (χ3n) is 3.48. The van der Waals surface area contributed by atoms with Crippen molar-refractivity contribution in [2.24, 2.45) is 5.73 Å². The summed E-state index contributed by atoms with van der Waals surface area (Å²) in [5.41, 5.74) is 8.63. The van der Waals surface area contributed by atoms with Gasteiger partial charge in [0, 0.05) is 25.7 Å². The minimum Gasteiger partial charge on any atom is -0.379 e. The maximum Gasteiger partial charge on any atom is 0.0594 e. The molecule has 0 bridgehead atoms. The number of hydrogen-bond donors (Lipinski definition) is 1. The second-order valence-corrected chi connectivity index (χ2v) is 4.49. The Hall–Kier alpha value is -0.900. The van der Waals surface area contributed by atoms with Gasteiger partial charge in [0.15, 0.2) is 0 Å². The fraction of sp³-hybridized carbons (Fsp3) is 0.571. The summed E-state index contributed by atoms with van der Waals surface area (Å²) in [6.45, 7) is 6.46. The molecule has 1 saturated heterocycles. The van der Waals surface area contributed by atoms with E-state index in [0.717, 1.165) is 32.7 Å². The molecule has 0 aliphatic carbocycles. The van der Waals surface area contributed by atoms with Crippen LogP contribution < -0.4 is 5.73 Å². The SMILES string of the molecule is CCc1ccc([C@@H](CN)N2CCOCC2)cc1. The molecular formula is C14H22N2O. The maximum atomic E-state index is 5.92. The average molecular weight is 234 g/mol. The van der Waals surface area contributed by atoms with Gasteiger partial charge in [-0.05, 0) is 17.5 Å². The van der Waals surface area contributed by atoms with Crippen molar-refractivity contribution >= 4 is 0 Å². The van der Waals surface area contributed by atoms with Gasteiger partial charge in [-0.25, -0.2) is 0 Å². The summed E-state index contributed by atoms with van der Waals surface area (Å²) < 4.78 is 5.38. The number of ether oxygens (including phenoxy) is 1. The lowest BCUT2D eigenvalue weighted by Gasteiger charge is -2.34. The molecule has 1 aromatic rings. The molecule has 0 spiro atoms. The highest BCUT2D eigenvalue weighted by Crippen LogP contribution is 2.21. The summed E-state index contributed by atoms with van der Waals surface area (Å²) in [5.74, 6) is 0. The van der Waals surface area contributed by atoms with Crippen molar-refractivity contribution in [2.75, 3.05) is 32.8 Å². The van der Waals surface area contributed by atoms with E-state index < -0.39 is 0 Å². The first-order valence-corrected chi connectivity index (χ1v) is 6.46. The third kappa shape index (κ3) is 3.06. The molecule has 94 valence electrons. The third-order valence-corrected chi connectivity index (χ3v) is 3.48. The summed E-state index contributed by atoms with van der Waals surface area (Å²) in [6.07, 6.45) is 1.09. The van der Waals surface area contributed by atoms with Crippen molar-refractivity contribution in [1.82, 2.24) is 4.90 Å². The molecule has 2 N–H and O–H groups in total. The molecule has 1 heterocycles. The number of nitrogens with zero attached hydrogens (tertiary/aromatic N) is 1. The molecule has 0 amide bonds.